The topological polar surface area (TPSA) is 103 Å². The SMILES string of the molecule is COc1cc(C)ccc1OCC(=O)OCC(=O)Nc1cccc(C(=O)NC2CC2)c1. The van der Waals surface area contributed by atoms with Crippen molar-refractivity contribution in [1.82, 2.24) is 5.32 Å². The summed E-state index contributed by atoms with van der Waals surface area (Å²) in [7, 11) is 1.51. The van der Waals surface area contributed by atoms with Gasteiger partial charge in [0.05, 0.1) is 7.11 Å². The molecule has 158 valence electrons. The Hall–Kier alpha value is -3.55. The summed E-state index contributed by atoms with van der Waals surface area (Å²) in [6.07, 6.45) is 1.99. The molecular formula is C22H24N2O6. The highest BCUT2D eigenvalue weighted by atomic mass is 16.6. The van der Waals surface area contributed by atoms with E-state index in [-0.39, 0.29) is 18.6 Å². The molecule has 2 aromatic rings. The monoisotopic (exact) mass is 412 g/mol. The lowest BCUT2D eigenvalue weighted by Crippen LogP contribution is -2.26. The van der Waals surface area contributed by atoms with E-state index in [9.17, 15) is 14.4 Å². The minimum atomic E-state index is -0.690. The van der Waals surface area contributed by atoms with Crippen LogP contribution >= 0.6 is 0 Å². The Morgan fingerprint density at radius 1 is 1.03 bits per heavy atom. The van der Waals surface area contributed by atoms with Crippen molar-refractivity contribution >= 4 is 23.5 Å². The van der Waals surface area contributed by atoms with Crippen molar-refractivity contribution in [3.63, 3.8) is 0 Å². The Bertz CT molecular complexity index is 939. The molecule has 2 amide bonds. The molecule has 1 saturated carbocycles. The van der Waals surface area contributed by atoms with E-state index in [0.29, 0.717) is 22.7 Å². The molecule has 0 aromatic heterocycles. The molecule has 0 aliphatic heterocycles. The highest BCUT2D eigenvalue weighted by Gasteiger charge is 2.23. The molecule has 8 nitrogen and oxygen atoms in total. The zero-order chi connectivity index (χ0) is 21.5. The van der Waals surface area contributed by atoms with Crippen LogP contribution in [0.3, 0.4) is 0 Å². The summed E-state index contributed by atoms with van der Waals surface area (Å²) in [6, 6.07) is 12.1. The van der Waals surface area contributed by atoms with Crippen LogP contribution < -0.4 is 20.1 Å². The number of carbonyl (C=O) groups is 3. The first-order chi connectivity index (χ1) is 14.4. The minimum Gasteiger partial charge on any atom is -0.493 e. The summed E-state index contributed by atoms with van der Waals surface area (Å²) >= 11 is 0. The second kappa shape index (κ2) is 9.78. The molecule has 0 atom stereocenters. The molecule has 30 heavy (non-hydrogen) atoms. The van der Waals surface area contributed by atoms with Crippen LogP contribution in [0.15, 0.2) is 42.5 Å². The first-order valence-electron chi connectivity index (χ1n) is 9.58. The van der Waals surface area contributed by atoms with Crippen molar-refractivity contribution in [3.8, 4) is 11.5 Å². The molecule has 8 heteroatoms. The number of methoxy groups -OCH3 is 1. The Morgan fingerprint density at radius 3 is 2.57 bits per heavy atom. The number of esters is 1. The van der Waals surface area contributed by atoms with Crippen molar-refractivity contribution in [1.29, 1.82) is 0 Å². The van der Waals surface area contributed by atoms with E-state index in [4.69, 9.17) is 14.2 Å². The number of aryl methyl sites for hydroxylation is 1. The molecule has 3 rings (SSSR count). The van der Waals surface area contributed by atoms with Gasteiger partial charge in [0.2, 0.25) is 0 Å². The van der Waals surface area contributed by atoms with E-state index < -0.39 is 18.5 Å². The predicted molar refractivity (Wildman–Crippen MR) is 110 cm³/mol. The maximum absolute atomic E-state index is 12.1. The molecular weight excluding hydrogens is 388 g/mol. The Kier molecular flexibility index (Phi) is 6.90. The maximum Gasteiger partial charge on any atom is 0.344 e. The lowest BCUT2D eigenvalue weighted by atomic mass is 10.2. The Balaban J connectivity index is 1.44. The number of ether oxygens (including phenoxy) is 3. The fourth-order valence-corrected chi connectivity index (χ4v) is 2.65. The molecule has 0 spiro atoms. The number of rotatable bonds is 9. The standard InChI is InChI=1S/C22H24N2O6/c1-14-6-9-18(19(10-14)28-2)29-13-21(26)30-12-20(25)23-17-5-3-4-15(11-17)22(27)24-16-7-8-16/h3-6,9-11,16H,7-8,12-13H2,1-2H3,(H,23,25)(H,24,27). The lowest BCUT2D eigenvalue weighted by Gasteiger charge is -2.11. The van der Waals surface area contributed by atoms with E-state index in [0.717, 1.165) is 18.4 Å². The Morgan fingerprint density at radius 2 is 1.83 bits per heavy atom. The maximum atomic E-state index is 12.1. The summed E-state index contributed by atoms with van der Waals surface area (Å²) in [4.78, 5) is 36.0. The first kappa shape index (κ1) is 21.2. The smallest absolute Gasteiger partial charge is 0.344 e. The average molecular weight is 412 g/mol. The van der Waals surface area contributed by atoms with Gasteiger partial charge in [-0.15, -0.1) is 0 Å². The summed E-state index contributed by atoms with van der Waals surface area (Å²) in [5.74, 6) is -0.470. The number of carbonyl (C=O) groups excluding carboxylic acids is 3. The number of amides is 2. The normalized spacial score (nSPS) is 12.6. The number of nitrogens with one attached hydrogen (secondary N) is 2. The summed E-state index contributed by atoms with van der Waals surface area (Å²) < 4.78 is 15.5. The fraction of sp³-hybridized carbons (Fsp3) is 0.318. The molecule has 0 radical (unpaired) electrons. The summed E-state index contributed by atoms with van der Waals surface area (Å²) in [5.41, 5.74) is 1.89. The number of benzene rings is 2. The molecule has 1 fully saturated rings. The van der Waals surface area contributed by atoms with Crippen LogP contribution in [0.4, 0.5) is 5.69 Å². The van der Waals surface area contributed by atoms with Gasteiger partial charge < -0.3 is 24.8 Å². The van der Waals surface area contributed by atoms with E-state index >= 15 is 0 Å². The average Bonchev–Trinajstić information content (AvgIpc) is 3.55. The van der Waals surface area contributed by atoms with Crippen LogP contribution in [0.25, 0.3) is 0 Å². The fourth-order valence-electron chi connectivity index (χ4n) is 2.65. The van der Waals surface area contributed by atoms with Crippen LogP contribution in [-0.4, -0.2) is 44.1 Å². The van der Waals surface area contributed by atoms with Gasteiger partial charge in [-0.05, 0) is 55.7 Å². The number of hydrogen-bond donors (Lipinski definition) is 2. The second-order valence-electron chi connectivity index (χ2n) is 6.98. The van der Waals surface area contributed by atoms with E-state index in [1.807, 2.05) is 13.0 Å². The minimum absolute atomic E-state index is 0.177. The molecule has 1 aliphatic rings. The zero-order valence-electron chi connectivity index (χ0n) is 16.9. The van der Waals surface area contributed by atoms with E-state index in [1.54, 1.807) is 36.4 Å². The van der Waals surface area contributed by atoms with Crippen LogP contribution in [0.5, 0.6) is 11.5 Å². The quantitative estimate of drug-likeness (QED) is 0.614. The van der Waals surface area contributed by atoms with Gasteiger partial charge in [-0.3, -0.25) is 9.59 Å². The van der Waals surface area contributed by atoms with Gasteiger partial charge in [-0.2, -0.15) is 0 Å². The van der Waals surface area contributed by atoms with E-state index in [1.165, 1.54) is 7.11 Å². The van der Waals surface area contributed by atoms with Gasteiger partial charge in [-0.1, -0.05) is 12.1 Å². The van der Waals surface area contributed by atoms with Crippen molar-refractivity contribution in [3.05, 3.63) is 53.6 Å². The largest absolute Gasteiger partial charge is 0.493 e. The molecule has 0 heterocycles. The molecule has 1 aliphatic carbocycles. The van der Waals surface area contributed by atoms with Gasteiger partial charge in [0.25, 0.3) is 11.8 Å². The van der Waals surface area contributed by atoms with Crippen LogP contribution in [0, 0.1) is 6.92 Å². The Labute approximate surface area is 174 Å². The van der Waals surface area contributed by atoms with Gasteiger partial charge in [0.1, 0.15) is 0 Å². The van der Waals surface area contributed by atoms with Gasteiger partial charge in [-0.25, -0.2) is 4.79 Å². The van der Waals surface area contributed by atoms with Crippen molar-refractivity contribution < 1.29 is 28.6 Å². The summed E-state index contributed by atoms with van der Waals surface area (Å²) in [6.45, 7) is 1.09. The third kappa shape index (κ3) is 6.23. The molecule has 0 saturated heterocycles. The van der Waals surface area contributed by atoms with Crippen molar-refractivity contribution in [2.24, 2.45) is 0 Å². The van der Waals surface area contributed by atoms with Crippen LogP contribution in [-0.2, 0) is 14.3 Å². The van der Waals surface area contributed by atoms with E-state index in [2.05, 4.69) is 10.6 Å². The van der Waals surface area contributed by atoms with Gasteiger partial charge in [0.15, 0.2) is 24.7 Å². The third-order valence-corrected chi connectivity index (χ3v) is 4.35. The van der Waals surface area contributed by atoms with Crippen molar-refractivity contribution in [2.75, 3.05) is 25.6 Å². The second-order valence-corrected chi connectivity index (χ2v) is 6.98. The predicted octanol–water partition coefficient (Wildman–Crippen LogP) is 2.46. The highest BCUT2D eigenvalue weighted by Crippen LogP contribution is 2.27. The number of anilines is 1. The van der Waals surface area contributed by atoms with Crippen LogP contribution in [0.1, 0.15) is 28.8 Å². The molecule has 0 unspecified atom stereocenters. The molecule has 0 bridgehead atoms. The van der Waals surface area contributed by atoms with Crippen LogP contribution in [0.2, 0.25) is 0 Å². The zero-order valence-corrected chi connectivity index (χ0v) is 16.9. The highest BCUT2D eigenvalue weighted by molar-refractivity contribution is 5.98. The molecule has 2 aromatic carbocycles. The lowest BCUT2D eigenvalue weighted by molar-refractivity contribution is -0.149. The number of hydrogen-bond acceptors (Lipinski definition) is 6. The third-order valence-electron chi connectivity index (χ3n) is 4.35. The summed E-state index contributed by atoms with van der Waals surface area (Å²) in [5, 5.41) is 5.49. The van der Waals surface area contributed by atoms with Gasteiger partial charge >= 0.3 is 5.97 Å². The molecule has 2 N–H and O–H groups in total. The van der Waals surface area contributed by atoms with Crippen molar-refractivity contribution in [2.45, 2.75) is 25.8 Å². The van der Waals surface area contributed by atoms with Gasteiger partial charge in [0, 0.05) is 17.3 Å². The first-order valence-corrected chi connectivity index (χ1v) is 9.58.